The number of nitrogens with one attached hydrogen (secondary N) is 1. The number of aryl methyl sites for hydroxylation is 2. The van der Waals surface area contributed by atoms with E-state index in [1.54, 1.807) is 24.3 Å². The molecule has 0 spiro atoms. The molecule has 3 aromatic carbocycles. The molecule has 0 saturated heterocycles. The number of amides is 1. The third kappa shape index (κ3) is 6.25. The number of anilines is 4. The van der Waals surface area contributed by atoms with Crippen molar-refractivity contribution in [2.24, 2.45) is 5.14 Å². The molecule has 0 bridgehead atoms. The molecule has 0 aliphatic carbocycles. The predicted octanol–water partition coefficient (Wildman–Crippen LogP) is 4.84. The molecule has 39 heavy (non-hydrogen) atoms. The van der Waals surface area contributed by atoms with E-state index >= 15 is 0 Å². The molecule has 0 aliphatic rings. The van der Waals surface area contributed by atoms with Gasteiger partial charge in [0.25, 0.3) is 0 Å². The number of benzene rings is 3. The zero-order valence-electron chi connectivity index (χ0n) is 21.7. The van der Waals surface area contributed by atoms with Crippen LogP contribution >= 0.6 is 0 Å². The van der Waals surface area contributed by atoms with Crippen LogP contribution in [0, 0.1) is 13.8 Å². The number of sulfonamides is 1. The van der Waals surface area contributed by atoms with Gasteiger partial charge >= 0.3 is 6.09 Å². The Labute approximate surface area is 226 Å². The number of para-hydroxylation sites is 1. The van der Waals surface area contributed by atoms with Gasteiger partial charge in [-0.15, -0.1) is 0 Å². The fourth-order valence-corrected chi connectivity index (χ4v) is 4.28. The number of nitrogens with zero attached hydrogens (tertiary/aromatic N) is 3. The second-order valence-electron chi connectivity index (χ2n) is 8.39. The lowest BCUT2D eigenvalue weighted by Gasteiger charge is -2.24. The number of methoxy groups -OCH3 is 2. The summed E-state index contributed by atoms with van der Waals surface area (Å²) in [4.78, 5) is 23.7. The average molecular weight is 550 g/mol. The molecule has 12 heteroatoms. The summed E-state index contributed by atoms with van der Waals surface area (Å²) in [6, 6.07) is 17.9. The molecule has 0 radical (unpaired) electrons. The van der Waals surface area contributed by atoms with E-state index in [1.165, 1.54) is 49.6 Å². The first kappa shape index (κ1) is 27.4. The molecule has 11 nitrogen and oxygen atoms in total. The van der Waals surface area contributed by atoms with Crippen LogP contribution in [0.1, 0.15) is 11.1 Å². The number of hydrogen-bond acceptors (Lipinski definition) is 9. The zero-order chi connectivity index (χ0) is 28.2. The molecule has 0 fully saturated rings. The fourth-order valence-electron chi connectivity index (χ4n) is 3.77. The summed E-state index contributed by atoms with van der Waals surface area (Å²) in [6.07, 6.45) is 0.747. The number of nitrogens with two attached hydrogens (primary N) is 1. The highest BCUT2D eigenvalue weighted by Gasteiger charge is 2.27. The Hall–Kier alpha value is -4.68. The molecule has 0 unspecified atom stereocenters. The standard InChI is InChI=1S/C27H27N5O6S/c1-17-6-5-7-18(2)25(17)38-27(33)32(22-13-10-20(36-3)16-23(22)37-4)24-14-15-29-26(31-24)30-19-8-11-21(12-9-19)39(28,34)35/h5-16H,1-4H3,(H2,28,34,35)(H,29,30,31). The van der Waals surface area contributed by atoms with Crippen molar-refractivity contribution in [3.63, 3.8) is 0 Å². The van der Waals surface area contributed by atoms with Crippen LogP contribution in [0.5, 0.6) is 17.2 Å². The molecule has 1 aromatic heterocycles. The highest BCUT2D eigenvalue weighted by atomic mass is 32.2. The number of carbonyl (C=O) groups is 1. The minimum absolute atomic E-state index is 0.0326. The predicted molar refractivity (Wildman–Crippen MR) is 147 cm³/mol. The molecule has 0 atom stereocenters. The van der Waals surface area contributed by atoms with E-state index in [4.69, 9.17) is 19.3 Å². The van der Waals surface area contributed by atoms with Crippen molar-refractivity contribution in [2.45, 2.75) is 18.7 Å². The van der Waals surface area contributed by atoms with Crippen molar-refractivity contribution in [2.75, 3.05) is 24.4 Å². The number of aromatic nitrogens is 2. The topological polar surface area (TPSA) is 146 Å². The number of primary sulfonamides is 1. The first-order valence-electron chi connectivity index (χ1n) is 11.6. The van der Waals surface area contributed by atoms with Crippen LogP contribution in [0.2, 0.25) is 0 Å². The third-order valence-corrected chi connectivity index (χ3v) is 6.65. The van der Waals surface area contributed by atoms with E-state index in [2.05, 4.69) is 15.3 Å². The monoisotopic (exact) mass is 549 g/mol. The lowest BCUT2D eigenvalue weighted by Crippen LogP contribution is -2.31. The SMILES string of the molecule is COc1ccc(N(C(=O)Oc2c(C)cccc2C)c2ccnc(Nc3ccc(S(N)(=O)=O)cc3)n2)c(OC)c1. The van der Waals surface area contributed by atoms with Crippen LogP contribution < -0.4 is 29.6 Å². The first-order valence-corrected chi connectivity index (χ1v) is 13.2. The van der Waals surface area contributed by atoms with Gasteiger partial charge in [-0.1, -0.05) is 18.2 Å². The first-order chi connectivity index (χ1) is 18.6. The van der Waals surface area contributed by atoms with E-state index in [0.29, 0.717) is 28.6 Å². The summed E-state index contributed by atoms with van der Waals surface area (Å²) in [5.41, 5.74) is 2.44. The Bertz CT molecular complexity index is 1590. The van der Waals surface area contributed by atoms with Crippen molar-refractivity contribution in [1.29, 1.82) is 0 Å². The summed E-state index contributed by atoms with van der Waals surface area (Å²) in [5, 5.41) is 8.17. The molecule has 4 aromatic rings. The normalized spacial score (nSPS) is 11.0. The highest BCUT2D eigenvalue weighted by Crippen LogP contribution is 2.37. The molecular formula is C27H27N5O6S. The van der Waals surface area contributed by atoms with Crippen molar-refractivity contribution in [3.05, 3.63) is 84.1 Å². The lowest BCUT2D eigenvalue weighted by atomic mass is 10.1. The summed E-state index contributed by atoms with van der Waals surface area (Å²) in [6.45, 7) is 3.70. The van der Waals surface area contributed by atoms with Crippen molar-refractivity contribution >= 4 is 39.3 Å². The Morgan fingerprint density at radius 3 is 2.26 bits per heavy atom. The van der Waals surface area contributed by atoms with Gasteiger partial charge < -0.3 is 19.5 Å². The van der Waals surface area contributed by atoms with E-state index in [1.807, 2.05) is 32.0 Å². The Morgan fingerprint density at radius 1 is 0.949 bits per heavy atom. The Balaban J connectivity index is 1.74. The number of rotatable bonds is 8. The van der Waals surface area contributed by atoms with Gasteiger partial charge in [0.05, 0.1) is 24.8 Å². The number of ether oxygens (including phenoxy) is 3. The molecule has 4 rings (SSSR count). The summed E-state index contributed by atoms with van der Waals surface area (Å²) < 4.78 is 39.8. The third-order valence-electron chi connectivity index (χ3n) is 5.72. The molecule has 3 N–H and O–H groups in total. The van der Waals surface area contributed by atoms with Crippen LogP contribution in [-0.4, -0.2) is 38.7 Å². The second-order valence-corrected chi connectivity index (χ2v) is 9.96. The average Bonchev–Trinajstić information content (AvgIpc) is 2.91. The van der Waals surface area contributed by atoms with Crippen LogP contribution in [0.4, 0.5) is 27.9 Å². The minimum Gasteiger partial charge on any atom is -0.497 e. The van der Waals surface area contributed by atoms with Gasteiger partial charge in [0.15, 0.2) is 0 Å². The van der Waals surface area contributed by atoms with Gasteiger partial charge in [-0.05, 0) is 61.4 Å². The molecule has 1 heterocycles. The van der Waals surface area contributed by atoms with Crippen LogP contribution in [-0.2, 0) is 10.0 Å². The van der Waals surface area contributed by atoms with Gasteiger partial charge in [0, 0.05) is 24.0 Å². The highest BCUT2D eigenvalue weighted by molar-refractivity contribution is 7.89. The van der Waals surface area contributed by atoms with Gasteiger partial charge in [0.1, 0.15) is 23.1 Å². The Kier molecular flexibility index (Phi) is 7.98. The van der Waals surface area contributed by atoms with Gasteiger partial charge in [-0.3, -0.25) is 0 Å². The van der Waals surface area contributed by atoms with Crippen LogP contribution in [0.15, 0.2) is 77.8 Å². The van der Waals surface area contributed by atoms with Gasteiger partial charge in [-0.25, -0.2) is 28.2 Å². The van der Waals surface area contributed by atoms with Gasteiger partial charge in [-0.2, -0.15) is 4.98 Å². The number of carbonyl (C=O) groups excluding carboxylic acids is 1. The summed E-state index contributed by atoms with van der Waals surface area (Å²) in [5.74, 6) is 1.65. The smallest absolute Gasteiger partial charge is 0.425 e. The lowest BCUT2D eigenvalue weighted by molar-refractivity contribution is 0.209. The molecular weight excluding hydrogens is 522 g/mol. The van der Waals surface area contributed by atoms with E-state index in [0.717, 1.165) is 11.1 Å². The van der Waals surface area contributed by atoms with E-state index < -0.39 is 16.1 Å². The fraction of sp³-hybridized carbons (Fsp3) is 0.148. The number of hydrogen-bond donors (Lipinski definition) is 2. The maximum absolute atomic E-state index is 13.7. The summed E-state index contributed by atoms with van der Waals surface area (Å²) >= 11 is 0. The maximum Gasteiger partial charge on any atom is 0.425 e. The van der Waals surface area contributed by atoms with E-state index in [9.17, 15) is 13.2 Å². The zero-order valence-corrected chi connectivity index (χ0v) is 22.5. The molecule has 0 aliphatic heterocycles. The Morgan fingerprint density at radius 2 is 1.64 bits per heavy atom. The van der Waals surface area contributed by atoms with Crippen molar-refractivity contribution < 1.29 is 27.4 Å². The molecule has 1 amide bonds. The molecule has 202 valence electrons. The molecule has 0 saturated carbocycles. The van der Waals surface area contributed by atoms with Crippen LogP contribution in [0.25, 0.3) is 0 Å². The maximum atomic E-state index is 13.7. The van der Waals surface area contributed by atoms with E-state index in [-0.39, 0.29) is 16.7 Å². The van der Waals surface area contributed by atoms with Gasteiger partial charge in [0.2, 0.25) is 16.0 Å². The van der Waals surface area contributed by atoms with Crippen molar-refractivity contribution in [3.8, 4) is 17.2 Å². The quantitative estimate of drug-likeness (QED) is 0.315. The minimum atomic E-state index is -3.83. The summed E-state index contributed by atoms with van der Waals surface area (Å²) in [7, 11) is -0.828. The second kappa shape index (κ2) is 11.4. The van der Waals surface area contributed by atoms with Crippen molar-refractivity contribution in [1.82, 2.24) is 9.97 Å². The van der Waals surface area contributed by atoms with Crippen LogP contribution in [0.3, 0.4) is 0 Å². The largest absolute Gasteiger partial charge is 0.497 e.